The van der Waals surface area contributed by atoms with Crippen LogP contribution in [0.5, 0.6) is 11.5 Å². The molecule has 2 aromatic heterocycles. The number of aliphatic carboxylic acids is 2. The van der Waals surface area contributed by atoms with E-state index in [-0.39, 0.29) is 22.3 Å². The van der Waals surface area contributed by atoms with Crippen LogP contribution in [0.2, 0.25) is 10.0 Å². The molecular weight excluding hydrogens is 747 g/mol. The molecule has 262 valence electrons. The summed E-state index contributed by atoms with van der Waals surface area (Å²) in [5.74, 6) is -6.17. The number of nitrogen functional groups attached to an aromatic ring is 1. The fraction of sp³-hybridized carbons (Fsp3) is 0.156. The molecule has 2 aliphatic rings. The molecule has 0 radical (unpaired) electrons. The first-order valence-electron chi connectivity index (χ1n) is 14.7. The second-order valence-electron chi connectivity index (χ2n) is 11.0. The molecule has 3 unspecified atom stereocenters. The molecule has 0 aliphatic carbocycles. The number of halogens is 2. The van der Waals surface area contributed by atoms with Crippen molar-refractivity contribution in [3.05, 3.63) is 98.8 Å². The molecule has 2 amide bonds. The highest BCUT2D eigenvalue weighted by atomic mass is 35.5. The Balaban J connectivity index is 1.22. The molecule has 2 aromatic carbocycles. The molecule has 0 spiro atoms. The molecule has 0 saturated carbocycles. The number of nitrogens with two attached hydrogens (primary N) is 1. The van der Waals surface area contributed by atoms with Gasteiger partial charge in [-0.1, -0.05) is 46.6 Å². The number of para-hydroxylation sites is 1. The number of aromatic nitrogens is 2. The summed E-state index contributed by atoms with van der Waals surface area (Å²) in [5.41, 5.74) is 5.84. The number of anilines is 1. The number of hydrogen-bond acceptors (Lipinski definition) is 12. The minimum absolute atomic E-state index is 0.0305. The first-order chi connectivity index (χ1) is 24.4. The van der Waals surface area contributed by atoms with E-state index in [0.717, 1.165) is 33.2 Å². The van der Waals surface area contributed by atoms with Gasteiger partial charge in [0.05, 0.1) is 10.0 Å². The van der Waals surface area contributed by atoms with Crippen molar-refractivity contribution < 1.29 is 49.0 Å². The van der Waals surface area contributed by atoms with Gasteiger partial charge in [0.25, 0.3) is 11.8 Å². The number of carboxylic acid groups (broad SMARTS) is 2. The van der Waals surface area contributed by atoms with E-state index in [2.05, 4.69) is 15.5 Å². The van der Waals surface area contributed by atoms with E-state index in [1.807, 2.05) is 53.2 Å². The number of carbonyl (C=O) groups is 4. The van der Waals surface area contributed by atoms with Crippen LogP contribution in [0.15, 0.2) is 82.6 Å². The molecule has 1 saturated heterocycles. The second kappa shape index (κ2) is 14.5. The van der Waals surface area contributed by atoms with Crippen molar-refractivity contribution in [3.63, 3.8) is 0 Å². The van der Waals surface area contributed by atoms with E-state index >= 15 is 0 Å². The summed E-state index contributed by atoms with van der Waals surface area (Å²) in [4.78, 5) is 61.8. The zero-order valence-electron chi connectivity index (χ0n) is 25.8. The van der Waals surface area contributed by atoms with Gasteiger partial charge in [-0.15, -0.1) is 23.1 Å². The highest BCUT2D eigenvalue weighted by Crippen LogP contribution is 2.44. The number of amides is 2. The number of allylic oxidation sites excluding steroid dienone is 2. The predicted octanol–water partition coefficient (Wildman–Crippen LogP) is 3.43. The monoisotopic (exact) mass is 771 g/mol. The van der Waals surface area contributed by atoms with Gasteiger partial charge >= 0.3 is 11.9 Å². The van der Waals surface area contributed by atoms with Crippen molar-refractivity contribution in [3.8, 4) is 11.5 Å². The third-order valence-corrected chi connectivity index (χ3v) is 10.5. The molecular formula is C32H25Cl2N6O9S2+. The van der Waals surface area contributed by atoms with Crippen molar-refractivity contribution in [1.82, 2.24) is 15.2 Å². The maximum absolute atomic E-state index is 13.6. The van der Waals surface area contributed by atoms with Gasteiger partial charge in [0.15, 0.2) is 35.1 Å². The van der Waals surface area contributed by atoms with E-state index < -0.39 is 74.1 Å². The number of β-lactam (4-membered cyclic amide) rings is 1. The second-order valence-corrected chi connectivity index (χ2v) is 13.7. The van der Waals surface area contributed by atoms with Crippen LogP contribution < -0.4 is 15.6 Å². The molecule has 0 bridgehead atoms. The number of phenols is 2. The van der Waals surface area contributed by atoms with Gasteiger partial charge in [-0.3, -0.25) is 14.5 Å². The maximum atomic E-state index is 13.6. The third kappa shape index (κ3) is 6.88. The minimum Gasteiger partial charge on any atom is -0.503 e. The number of phenolic OH excluding ortho intramolecular Hbond substituents is 2. The van der Waals surface area contributed by atoms with Crippen molar-refractivity contribution in [2.24, 2.45) is 5.16 Å². The number of nitrogens with one attached hydrogen (secondary N) is 1. The number of aromatic hydroxyl groups is 2. The maximum Gasteiger partial charge on any atom is 0.352 e. The van der Waals surface area contributed by atoms with Crippen LogP contribution >= 0.6 is 46.3 Å². The summed E-state index contributed by atoms with van der Waals surface area (Å²) in [5, 5.41) is 46.7. The van der Waals surface area contributed by atoms with Crippen molar-refractivity contribution in [2.75, 3.05) is 11.5 Å². The molecule has 1 fully saturated rings. The molecule has 2 aliphatic heterocycles. The molecule has 3 atom stereocenters. The Hall–Kier alpha value is -5.36. The summed E-state index contributed by atoms with van der Waals surface area (Å²) in [6.45, 7) is 0.444. The summed E-state index contributed by atoms with van der Waals surface area (Å²) in [6.07, 6.45) is 3.35. The minimum atomic E-state index is -2.04. The Morgan fingerprint density at radius 3 is 2.63 bits per heavy atom. The number of nitrogens with zero attached hydrogens (tertiary/aromatic N) is 4. The van der Waals surface area contributed by atoms with E-state index in [0.29, 0.717) is 12.1 Å². The largest absolute Gasteiger partial charge is 0.503 e. The lowest BCUT2D eigenvalue weighted by Gasteiger charge is -2.49. The summed E-state index contributed by atoms with van der Waals surface area (Å²) >= 11 is 14.1. The van der Waals surface area contributed by atoms with Gasteiger partial charge in [-0.05, 0) is 29.8 Å². The standard InChI is InChI=1S/C32H24Cl2N6O9S2/c33-17-11-16(20(34)25(42)24(17)41)26(31(47)48)49-38-21(18-13-51-32(35)36-18)27(43)37-22-28(44)40-23(30(45)46)15(12-50-29(22)40)7-4-10-39-9-3-6-14-5-1-2-8-19(14)39/h1-9,11,13,22,26,29H,10,12H2,(H6-,35,36,37,38,41,42,43,45,46,47,48)/p+1. The molecule has 7 N–H and O–H groups in total. The Kier molecular flexibility index (Phi) is 10.1. The van der Waals surface area contributed by atoms with Crippen molar-refractivity contribution in [2.45, 2.75) is 24.1 Å². The molecule has 51 heavy (non-hydrogen) atoms. The predicted molar refractivity (Wildman–Crippen MR) is 187 cm³/mol. The number of hydrogen-bond donors (Lipinski definition) is 6. The number of thiazole rings is 1. The lowest BCUT2D eigenvalue weighted by Crippen LogP contribution is -2.71. The fourth-order valence-corrected chi connectivity index (χ4v) is 7.74. The molecule has 4 aromatic rings. The number of benzene rings is 2. The van der Waals surface area contributed by atoms with Gasteiger partial charge in [0.2, 0.25) is 11.6 Å². The van der Waals surface area contributed by atoms with Gasteiger partial charge in [0, 0.05) is 34.2 Å². The van der Waals surface area contributed by atoms with E-state index in [1.165, 1.54) is 17.1 Å². The number of pyridine rings is 1. The number of oxime groups is 1. The topological polar surface area (TPSA) is 229 Å². The van der Waals surface area contributed by atoms with Gasteiger partial charge in [0.1, 0.15) is 22.8 Å². The van der Waals surface area contributed by atoms with Gasteiger partial charge in [-0.25, -0.2) is 14.6 Å². The number of thioether (sulfide) groups is 1. The smallest absolute Gasteiger partial charge is 0.352 e. The van der Waals surface area contributed by atoms with Crippen LogP contribution in [0, 0.1) is 0 Å². The molecule has 15 nitrogen and oxygen atoms in total. The van der Waals surface area contributed by atoms with Crippen LogP contribution in [-0.2, 0) is 30.6 Å². The number of fused-ring (bicyclic) bond motifs is 2. The van der Waals surface area contributed by atoms with Crippen LogP contribution in [0.1, 0.15) is 17.4 Å². The highest BCUT2D eigenvalue weighted by Gasteiger charge is 2.54. The Morgan fingerprint density at radius 1 is 1.18 bits per heavy atom. The fourth-order valence-electron chi connectivity index (χ4n) is 5.42. The van der Waals surface area contributed by atoms with Gasteiger partial charge in [-0.2, -0.15) is 4.57 Å². The van der Waals surface area contributed by atoms with Gasteiger partial charge < -0.3 is 36.3 Å². The SMILES string of the molecule is Nc1nc(C(=NOC(C(=O)O)c2cc(Cl)c(O)c(O)c2Cl)C(=O)NC2C(=O)N3C(C(=O)O)=C(C=CC[n+]4cccc5ccccc54)CSC23)cs1. The third-order valence-electron chi connectivity index (χ3n) is 7.83. The summed E-state index contributed by atoms with van der Waals surface area (Å²) in [7, 11) is 0. The van der Waals surface area contributed by atoms with Crippen LogP contribution in [0.4, 0.5) is 5.13 Å². The average molecular weight is 773 g/mol. The van der Waals surface area contributed by atoms with E-state index in [1.54, 1.807) is 6.08 Å². The summed E-state index contributed by atoms with van der Waals surface area (Å²) in [6, 6.07) is 11.5. The number of carboxylic acids is 2. The highest BCUT2D eigenvalue weighted by molar-refractivity contribution is 8.00. The normalized spacial score (nSPS) is 18.0. The van der Waals surface area contributed by atoms with Crippen molar-refractivity contribution >= 4 is 91.8 Å². The van der Waals surface area contributed by atoms with E-state index in [9.17, 15) is 39.6 Å². The summed E-state index contributed by atoms with van der Waals surface area (Å²) < 4.78 is 2.00. The Labute approximate surface area is 305 Å². The quantitative estimate of drug-likeness (QED) is 0.0424. The number of rotatable bonds is 11. The molecule has 6 rings (SSSR count). The lowest BCUT2D eigenvalue weighted by molar-refractivity contribution is -0.661. The van der Waals surface area contributed by atoms with Crippen molar-refractivity contribution in [1.29, 1.82) is 0 Å². The lowest BCUT2D eigenvalue weighted by atomic mass is 10.0. The Morgan fingerprint density at radius 2 is 1.92 bits per heavy atom. The average Bonchev–Trinajstić information content (AvgIpc) is 3.54. The molecule has 4 heterocycles. The van der Waals surface area contributed by atoms with Crippen LogP contribution in [0.25, 0.3) is 10.9 Å². The first-order valence-corrected chi connectivity index (χ1v) is 17.4. The zero-order chi connectivity index (χ0) is 36.6. The number of carbonyl (C=O) groups excluding carboxylic acids is 2. The Bertz CT molecular complexity index is 2200. The van der Waals surface area contributed by atoms with E-state index in [4.69, 9.17) is 33.8 Å². The molecule has 19 heteroatoms. The zero-order valence-corrected chi connectivity index (χ0v) is 28.9. The van der Waals surface area contributed by atoms with Crippen LogP contribution in [0.3, 0.4) is 0 Å². The first kappa shape index (κ1) is 35.5. The van der Waals surface area contributed by atoms with Crippen LogP contribution in [-0.4, -0.2) is 76.9 Å².